The van der Waals surface area contributed by atoms with E-state index in [9.17, 15) is 4.79 Å². The molecule has 0 aliphatic carbocycles. The molecule has 3 heterocycles. The van der Waals surface area contributed by atoms with Crippen LogP contribution in [-0.4, -0.2) is 20.0 Å². The number of aryl methyl sites for hydroxylation is 1. The highest BCUT2D eigenvalue weighted by molar-refractivity contribution is 5.97. The molecule has 5 nitrogen and oxygen atoms in total. The van der Waals surface area contributed by atoms with Crippen LogP contribution < -0.4 is 5.73 Å². The van der Waals surface area contributed by atoms with E-state index >= 15 is 0 Å². The number of nitrogens with two attached hydrogens (primary N) is 1. The van der Waals surface area contributed by atoms with Crippen LogP contribution in [0.15, 0.2) is 91.0 Å². The minimum atomic E-state index is -0.448. The molecule has 2 N–H and O–H groups in total. The monoisotopic (exact) mass is 468 g/mol. The van der Waals surface area contributed by atoms with E-state index in [1.165, 1.54) is 38.7 Å². The van der Waals surface area contributed by atoms with E-state index in [4.69, 9.17) is 10.7 Å². The minimum Gasteiger partial charge on any atom is -0.366 e. The predicted molar refractivity (Wildman–Crippen MR) is 144 cm³/mol. The van der Waals surface area contributed by atoms with E-state index in [0.717, 1.165) is 29.1 Å². The first kappa shape index (κ1) is 20.7. The van der Waals surface area contributed by atoms with Gasteiger partial charge in [0.15, 0.2) is 5.82 Å². The molecule has 1 aliphatic heterocycles. The molecule has 2 bridgehead atoms. The van der Waals surface area contributed by atoms with Gasteiger partial charge in [0.2, 0.25) is 5.91 Å². The highest BCUT2D eigenvalue weighted by Gasteiger charge is 2.21. The molecular weight excluding hydrogens is 444 g/mol. The number of fused-ring (bicyclic) bond motifs is 11. The molecule has 2 aromatic heterocycles. The van der Waals surface area contributed by atoms with Crippen LogP contribution in [0.1, 0.15) is 27.0 Å². The van der Waals surface area contributed by atoms with E-state index in [2.05, 4.69) is 88.9 Å². The molecule has 1 amide bonds. The SMILES string of the molecule is Cc1ccc2cc3n(c2c1)Cc1ccccc1-c1cccc(c1)Cn1c-3nc2cc(C(N)=O)ccc21. The van der Waals surface area contributed by atoms with Gasteiger partial charge in [0.05, 0.1) is 16.7 Å². The molecule has 36 heavy (non-hydrogen) atoms. The third-order valence-electron chi connectivity index (χ3n) is 7.25. The van der Waals surface area contributed by atoms with Gasteiger partial charge in [0.25, 0.3) is 0 Å². The summed E-state index contributed by atoms with van der Waals surface area (Å²) in [7, 11) is 0. The van der Waals surface area contributed by atoms with Crippen molar-refractivity contribution in [1.29, 1.82) is 0 Å². The molecule has 1 aliphatic rings. The van der Waals surface area contributed by atoms with Crippen LogP contribution in [-0.2, 0) is 13.1 Å². The lowest BCUT2D eigenvalue weighted by Gasteiger charge is -2.14. The van der Waals surface area contributed by atoms with Gasteiger partial charge in [-0.3, -0.25) is 4.79 Å². The standard InChI is InChI=1S/C31H24N4O/c1-19-9-10-22-16-29-31-33-26-15-23(30(32)36)11-12-27(26)35(31)17-20-5-4-7-21(14-20)25-8-3-2-6-24(25)18-34(29)28(22)13-19/h2-16H,17-18H2,1H3,(H2,32,36). The molecule has 4 aromatic carbocycles. The van der Waals surface area contributed by atoms with E-state index in [0.29, 0.717) is 12.1 Å². The number of carbonyl (C=O) groups is 1. The van der Waals surface area contributed by atoms with Crippen molar-refractivity contribution in [2.24, 2.45) is 5.73 Å². The van der Waals surface area contributed by atoms with Crippen LogP contribution in [0.5, 0.6) is 0 Å². The van der Waals surface area contributed by atoms with Crippen LogP contribution in [0.25, 0.3) is 44.6 Å². The maximum Gasteiger partial charge on any atom is 0.248 e. The number of nitrogens with zero attached hydrogens (tertiary/aromatic N) is 3. The zero-order valence-electron chi connectivity index (χ0n) is 19.9. The molecule has 0 spiro atoms. The lowest BCUT2D eigenvalue weighted by Crippen LogP contribution is -2.10. The Morgan fingerprint density at radius 3 is 2.61 bits per heavy atom. The normalized spacial score (nSPS) is 12.6. The van der Waals surface area contributed by atoms with Gasteiger partial charge < -0.3 is 14.9 Å². The Morgan fingerprint density at radius 1 is 0.833 bits per heavy atom. The molecule has 5 heteroatoms. The van der Waals surface area contributed by atoms with Gasteiger partial charge in [0, 0.05) is 29.6 Å². The second-order valence-corrected chi connectivity index (χ2v) is 9.62. The molecule has 0 saturated heterocycles. The van der Waals surface area contributed by atoms with E-state index in [1.54, 1.807) is 12.1 Å². The zero-order chi connectivity index (χ0) is 24.4. The Labute approximate surface area is 208 Å². The highest BCUT2D eigenvalue weighted by Crippen LogP contribution is 2.35. The molecule has 174 valence electrons. The minimum absolute atomic E-state index is 0.448. The summed E-state index contributed by atoms with van der Waals surface area (Å²) in [6.45, 7) is 3.51. The van der Waals surface area contributed by atoms with Gasteiger partial charge >= 0.3 is 0 Å². The Kier molecular flexibility index (Phi) is 4.42. The molecular formula is C31H24N4O. The second-order valence-electron chi connectivity index (χ2n) is 9.62. The van der Waals surface area contributed by atoms with Crippen LogP contribution in [0.4, 0.5) is 0 Å². The smallest absolute Gasteiger partial charge is 0.248 e. The summed E-state index contributed by atoms with van der Waals surface area (Å²) < 4.78 is 4.63. The molecule has 0 radical (unpaired) electrons. The number of hydrogen-bond acceptors (Lipinski definition) is 2. The van der Waals surface area contributed by atoms with Crippen molar-refractivity contribution in [3.05, 3.63) is 113 Å². The van der Waals surface area contributed by atoms with Gasteiger partial charge in [-0.25, -0.2) is 4.98 Å². The first-order chi connectivity index (χ1) is 17.5. The van der Waals surface area contributed by atoms with Gasteiger partial charge in [-0.15, -0.1) is 0 Å². The Morgan fingerprint density at radius 2 is 1.72 bits per heavy atom. The summed E-state index contributed by atoms with van der Waals surface area (Å²) in [6, 6.07) is 31.8. The maximum absolute atomic E-state index is 11.9. The Hall–Kier alpha value is -4.64. The fourth-order valence-corrected chi connectivity index (χ4v) is 5.49. The molecule has 0 saturated carbocycles. The van der Waals surface area contributed by atoms with Gasteiger partial charge in [-0.1, -0.05) is 54.6 Å². The topological polar surface area (TPSA) is 65.8 Å². The van der Waals surface area contributed by atoms with Gasteiger partial charge in [0.1, 0.15) is 0 Å². The molecule has 0 atom stereocenters. The first-order valence-corrected chi connectivity index (χ1v) is 12.1. The van der Waals surface area contributed by atoms with Crippen molar-refractivity contribution >= 4 is 27.8 Å². The average Bonchev–Trinajstić information content (AvgIpc) is 3.41. The van der Waals surface area contributed by atoms with Gasteiger partial charge in [-0.2, -0.15) is 0 Å². The third-order valence-corrected chi connectivity index (χ3v) is 7.25. The number of benzene rings is 4. The predicted octanol–water partition coefficient (Wildman–Crippen LogP) is 6.14. The van der Waals surface area contributed by atoms with Crippen LogP contribution in [0.3, 0.4) is 0 Å². The second kappa shape index (κ2) is 7.68. The molecule has 7 rings (SSSR count). The largest absolute Gasteiger partial charge is 0.366 e. The lowest BCUT2D eigenvalue weighted by molar-refractivity contribution is 0.100. The van der Waals surface area contributed by atoms with Crippen LogP contribution in [0.2, 0.25) is 0 Å². The number of imidazole rings is 1. The summed E-state index contributed by atoms with van der Waals surface area (Å²) >= 11 is 0. The van der Waals surface area contributed by atoms with Crippen molar-refractivity contribution in [3.8, 4) is 22.6 Å². The summed E-state index contributed by atoms with van der Waals surface area (Å²) in [4.78, 5) is 17.0. The highest BCUT2D eigenvalue weighted by atomic mass is 16.1. The summed E-state index contributed by atoms with van der Waals surface area (Å²) in [5.41, 5.74) is 16.2. The number of hydrogen-bond donors (Lipinski definition) is 1. The van der Waals surface area contributed by atoms with Crippen LogP contribution in [0, 0.1) is 6.92 Å². The third kappa shape index (κ3) is 3.17. The number of aromatic nitrogens is 3. The fourth-order valence-electron chi connectivity index (χ4n) is 5.49. The van der Waals surface area contributed by atoms with Crippen molar-refractivity contribution in [3.63, 3.8) is 0 Å². The summed E-state index contributed by atoms with van der Waals surface area (Å²) in [5, 5.41) is 1.18. The quantitative estimate of drug-likeness (QED) is 0.314. The number of amides is 1. The fraction of sp³-hybridized carbons (Fsp3) is 0.0968. The van der Waals surface area contributed by atoms with Crippen molar-refractivity contribution in [2.75, 3.05) is 0 Å². The molecule has 0 fully saturated rings. The maximum atomic E-state index is 11.9. The van der Waals surface area contributed by atoms with Gasteiger partial charge in [-0.05, 0) is 71.1 Å². The average molecular weight is 469 g/mol. The van der Waals surface area contributed by atoms with Crippen molar-refractivity contribution in [1.82, 2.24) is 14.1 Å². The number of carbonyl (C=O) groups excluding carboxylic acids is 1. The Balaban J connectivity index is 1.60. The van der Waals surface area contributed by atoms with Crippen molar-refractivity contribution < 1.29 is 4.79 Å². The van der Waals surface area contributed by atoms with Crippen molar-refractivity contribution in [2.45, 2.75) is 20.0 Å². The summed E-state index contributed by atoms with van der Waals surface area (Å²) in [5.74, 6) is 0.432. The summed E-state index contributed by atoms with van der Waals surface area (Å²) in [6.07, 6.45) is 0. The lowest BCUT2D eigenvalue weighted by atomic mass is 9.98. The number of rotatable bonds is 1. The Bertz CT molecular complexity index is 1840. The molecule has 6 aromatic rings. The first-order valence-electron chi connectivity index (χ1n) is 12.1. The zero-order valence-corrected chi connectivity index (χ0v) is 19.9. The van der Waals surface area contributed by atoms with E-state index < -0.39 is 5.91 Å². The number of primary amides is 1. The van der Waals surface area contributed by atoms with E-state index in [1.807, 2.05) is 6.07 Å². The van der Waals surface area contributed by atoms with Crippen LogP contribution >= 0.6 is 0 Å². The van der Waals surface area contributed by atoms with E-state index in [-0.39, 0.29) is 0 Å². The molecule has 0 unspecified atom stereocenters.